The number of nitrogens with zero attached hydrogens (tertiary/aromatic N) is 1. The van der Waals surface area contributed by atoms with E-state index in [4.69, 9.17) is 16.2 Å². The van der Waals surface area contributed by atoms with Crippen molar-refractivity contribution in [1.29, 1.82) is 0 Å². The molecule has 1 atom stereocenters. The molecule has 0 saturated carbocycles. The van der Waals surface area contributed by atoms with E-state index in [-0.39, 0.29) is 11.9 Å². The number of rotatable bonds is 3. The SMILES string of the molecule is COc1cc(N2CCCCC2C(N)=O)ccc1N. The number of benzene rings is 1. The fourth-order valence-electron chi connectivity index (χ4n) is 2.41. The molecule has 1 saturated heterocycles. The van der Waals surface area contributed by atoms with Crippen LogP contribution in [-0.4, -0.2) is 25.6 Å². The highest BCUT2D eigenvalue weighted by Gasteiger charge is 2.27. The third-order valence-electron chi connectivity index (χ3n) is 3.38. The molecule has 1 aromatic rings. The first-order chi connectivity index (χ1) is 8.63. The monoisotopic (exact) mass is 249 g/mol. The zero-order valence-corrected chi connectivity index (χ0v) is 10.6. The number of methoxy groups -OCH3 is 1. The Morgan fingerprint density at radius 1 is 1.44 bits per heavy atom. The van der Waals surface area contributed by atoms with Crippen LogP contribution in [-0.2, 0) is 4.79 Å². The number of nitrogens with two attached hydrogens (primary N) is 2. The van der Waals surface area contributed by atoms with Gasteiger partial charge >= 0.3 is 0 Å². The lowest BCUT2D eigenvalue weighted by Crippen LogP contribution is -2.47. The second-order valence-corrected chi connectivity index (χ2v) is 4.53. The fraction of sp³-hybridized carbons (Fsp3) is 0.462. The number of nitrogen functional groups attached to an aromatic ring is 1. The zero-order valence-electron chi connectivity index (χ0n) is 10.6. The summed E-state index contributed by atoms with van der Waals surface area (Å²) in [4.78, 5) is 13.5. The average Bonchev–Trinajstić information content (AvgIpc) is 2.39. The number of carbonyl (C=O) groups is 1. The Hall–Kier alpha value is -1.91. The van der Waals surface area contributed by atoms with Gasteiger partial charge in [0.05, 0.1) is 12.8 Å². The molecular formula is C13H19N3O2. The molecule has 1 aliphatic rings. The Morgan fingerprint density at radius 3 is 2.89 bits per heavy atom. The van der Waals surface area contributed by atoms with E-state index < -0.39 is 0 Å². The van der Waals surface area contributed by atoms with E-state index in [9.17, 15) is 4.79 Å². The molecule has 1 unspecified atom stereocenters. The number of amides is 1. The first kappa shape index (κ1) is 12.5. The van der Waals surface area contributed by atoms with Crippen LogP contribution in [0.1, 0.15) is 19.3 Å². The van der Waals surface area contributed by atoms with Crippen molar-refractivity contribution < 1.29 is 9.53 Å². The fourth-order valence-corrected chi connectivity index (χ4v) is 2.41. The molecule has 4 N–H and O–H groups in total. The molecule has 1 aromatic carbocycles. The first-order valence-corrected chi connectivity index (χ1v) is 6.13. The highest BCUT2D eigenvalue weighted by molar-refractivity contribution is 5.84. The van der Waals surface area contributed by atoms with Gasteiger partial charge in [0.25, 0.3) is 0 Å². The van der Waals surface area contributed by atoms with Crippen molar-refractivity contribution in [1.82, 2.24) is 0 Å². The summed E-state index contributed by atoms with van der Waals surface area (Å²) in [7, 11) is 1.58. The van der Waals surface area contributed by atoms with Crippen molar-refractivity contribution in [2.75, 3.05) is 24.3 Å². The lowest BCUT2D eigenvalue weighted by Gasteiger charge is -2.35. The van der Waals surface area contributed by atoms with Crippen LogP contribution in [0.15, 0.2) is 18.2 Å². The molecule has 18 heavy (non-hydrogen) atoms. The maximum absolute atomic E-state index is 11.5. The molecule has 1 aliphatic heterocycles. The minimum absolute atomic E-state index is 0.230. The number of anilines is 2. The van der Waals surface area contributed by atoms with Crippen LogP contribution < -0.4 is 21.1 Å². The van der Waals surface area contributed by atoms with Crippen molar-refractivity contribution in [2.24, 2.45) is 5.73 Å². The molecule has 0 radical (unpaired) electrons. The topological polar surface area (TPSA) is 81.6 Å². The van der Waals surface area contributed by atoms with Crippen molar-refractivity contribution in [3.8, 4) is 5.75 Å². The number of primary amides is 1. The highest BCUT2D eigenvalue weighted by Crippen LogP contribution is 2.31. The van der Waals surface area contributed by atoms with Crippen molar-refractivity contribution in [3.05, 3.63) is 18.2 Å². The van der Waals surface area contributed by atoms with Crippen LogP contribution in [0.5, 0.6) is 5.75 Å². The molecule has 5 nitrogen and oxygen atoms in total. The van der Waals surface area contributed by atoms with Gasteiger partial charge in [0.2, 0.25) is 5.91 Å². The minimum Gasteiger partial charge on any atom is -0.495 e. The van der Waals surface area contributed by atoms with Crippen LogP contribution in [0.3, 0.4) is 0 Å². The van der Waals surface area contributed by atoms with Gasteiger partial charge in [0, 0.05) is 18.3 Å². The second-order valence-electron chi connectivity index (χ2n) is 4.53. The predicted octanol–water partition coefficient (Wildman–Crippen LogP) is 1.12. The van der Waals surface area contributed by atoms with Gasteiger partial charge < -0.3 is 21.1 Å². The second kappa shape index (κ2) is 5.16. The summed E-state index contributed by atoms with van der Waals surface area (Å²) in [6.07, 6.45) is 2.91. The van der Waals surface area contributed by atoms with E-state index in [0.29, 0.717) is 11.4 Å². The van der Waals surface area contributed by atoms with E-state index in [1.54, 1.807) is 13.2 Å². The molecule has 1 amide bonds. The summed E-state index contributed by atoms with van der Waals surface area (Å²) in [5.74, 6) is 0.354. The first-order valence-electron chi connectivity index (χ1n) is 6.13. The molecule has 0 aromatic heterocycles. The average molecular weight is 249 g/mol. The van der Waals surface area contributed by atoms with Crippen molar-refractivity contribution >= 4 is 17.3 Å². The largest absolute Gasteiger partial charge is 0.495 e. The Bertz CT molecular complexity index is 448. The summed E-state index contributed by atoms with van der Waals surface area (Å²) in [5.41, 5.74) is 12.8. The Morgan fingerprint density at radius 2 is 2.22 bits per heavy atom. The molecule has 1 heterocycles. The zero-order chi connectivity index (χ0) is 13.1. The molecule has 0 aliphatic carbocycles. The molecule has 2 rings (SSSR count). The van der Waals surface area contributed by atoms with Gasteiger partial charge in [-0.15, -0.1) is 0 Å². The summed E-state index contributed by atoms with van der Waals surface area (Å²) in [5, 5.41) is 0. The van der Waals surface area contributed by atoms with Crippen LogP contribution in [0.25, 0.3) is 0 Å². The third-order valence-corrected chi connectivity index (χ3v) is 3.38. The number of carbonyl (C=O) groups excluding carboxylic acids is 1. The molecule has 0 bridgehead atoms. The normalized spacial score (nSPS) is 19.6. The molecule has 0 spiro atoms. The van der Waals surface area contributed by atoms with Gasteiger partial charge in [-0.2, -0.15) is 0 Å². The van der Waals surface area contributed by atoms with Crippen LogP contribution >= 0.6 is 0 Å². The summed E-state index contributed by atoms with van der Waals surface area (Å²) in [6, 6.07) is 5.32. The van der Waals surface area contributed by atoms with E-state index in [2.05, 4.69) is 0 Å². The van der Waals surface area contributed by atoms with Crippen LogP contribution in [0.4, 0.5) is 11.4 Å². The summed E-state index contributed by atoms with van der Waals surface area (Å²) < 4.78 is 5.20. The molecular weight excluding hydrogens is 230 g/mol. The Labute approximate surface area is 107 Å². The van der Waals surface area contributed by atoms with Gasteiger partial charge in [-0.3, -0.25) is 4.79 Å². The lowest BCUT2D eigenvalue weighted by atomic mass is 10.0. The number of piperidine rings is 1. The maximum atomic E-state index is 11.5. The Kier molecular flexibility index (Phi) is 3.60. The van der Waals surface area contributed by atoms with E-state index >= 15 is 0 Å². The molecule has 5 heteroatoms. The third kappa shape index (κ3) is 2.34. The Balaban J connectivity index is 2.30. The van der Waals surface area contributed by atoms with Crippen LogP contribution in [0.2, 0.25) is 0 Å². The standard InChI is InChI=1S/C13H19N3O2/c1-18-12-8-9(5-6-10(12)14)16-7-3-2-4-11(16)13(15)17/h5-6,8,11H,2-4,7,14H2,1H3,(H2,15,17). The van der Waals surface area contributed by atoms with Crippen LogP contribution in [0, 0.1) is 0 Å². The summed E-state index contributed by atoms with van der Waals surface area (Å²) in [6.45, 7) is 0.834. The van der Waals surface area contributed by atoms with Gasteiger partial charge in [0.15, 0.2) is 0 Å². The van der Waals surface area contributed by atoms with Gasteiger partial charge in [-0.05, 0) is 31.4 Å². The van der Waals surface area contributed by atoms with Gasteiger partial charge in [0.1, 0.15) is 11.8 Å². The van der Waals surface area contributed by atoms with Crippen molar-refractivity contribution in [2.45, 2.75) is 25.3 Å². The highest BCUT2D eigenvalue weighted by atomic mass is 16.5. The maximum Gasteiger partial charge on any atom is 0.240 e. The predicted molar refractivity (Wildman–Crippen MR) is 71.6 cm³/mol. The number of hydrogen-bond acceptors (Lipinski definition) is 4. The molecule has 98 valence electrons. The van der Waals surface area contributed by atoms with E-state index in [1.165, 1.54) is 0 Å². The number of ether oxygens (including phenoxy) is 1. The number of hydrogen-bond donors (Lipinski definition) is 2. The van der Waals surface area contributed by atoms with Gasteiger partial charge in [-0.25, -0.2) is 0 Å². The summed E-state index contributed by atoms with van der Waals surface area (Å²) >= 11 is 0. The lowest BCUT2D eigenvalue weighted by molar-refractivity contribution is -0.119. The minimum atomic E-state index is -0.273. The molecule has 1 fully saturated rings. The van der Waals surface area contributed by atoms with E-state index in [0.717, 1.165) is 31.5 Å². The van der Waals surface area contributed by atoms with Crippen molar-refractivity contribution in [3.63, 3.8) is 0 Å². The van der Waals surface area contributed by atoms with E-state index in [1.807, 2.05) is 17.0 Å². The quantitative estimate of drug-likeness (QED) is 0.786. The smallest absolute Gasteiger partial charge is 0.240 e. The van der Waals surface area contributed by atoms with Gasteiger partial charge in [-0.1, -0.05) is 0 Å².